The average Bonchev–Trinajstić information content (AvgIpc) is 2.81. The van der Waals surface area contributed by atoms with E-state index in [0.29, 0.717) is 17.0 Å². The van der Waals surface area contributed by atoms with Crippen LogP contribution in [0, 0.1) is 34.6 Å². The molecule has 0 radical (unpaired) electrons. The van der Waals surface area contributed by atoms with Crippen LogP contribution in [0.15, 0.2) is 60.8 Å². The fourth-order valence-electron chi connectivity index (χ4n) is 3.20. The Morgan fingerprint density at radius 3 is 2.42 bits per heavy atom. The lowest BCUT2D eigenvalue weighted by molar-refractivity contribution is 0.101. The Labute approximate surface area is 183 Å². The first-order valence-corrected chi connectivity index (χ1v) is 9.37. The number of hydrogen-bond acceptors (Lipinski definition) is 4. The maximum absolute atomic E-state index is 15.1. The Hall–Kier alpha value is -4.58. The van der Waals surface area contributed by atoms with E-state index >= 15 is 4.39 Å². The van der Waals surface area contributed by atoms with E-state index in [-0.39, 0.29) is 16.7 Å². The molecule has 162 valence electrons. The molecule has 1 amide bonds. The van der Waals surface area contributed by atoms with Gasteiger partial charge in [-0.2, -0.15) is 5.26 Å². The first kappa shape index (κ1) is 21.6. The van der Waals surface area contributed by atoms with Crippen molar-refractivity contribution in [2.24, 2.45) is 0 Å². The van der Waals surface area contributed by atoms with Crippen LogP contribution in [0.3, 0.4) is 0 Å². The number of halogens is 4. The van der Waals surface area contributed by atoms with Gasteiger partial charge >= 0.3 is 0 Å². The average molecular weight is 449 g/mol. The van der Waals surface area contributed by atoms with Gasteiger partial charge in [-0.05, 0) is 42.5 Å². The highest BCUT2D eigenvalue weighted by atomic mass is 19.2. The van der Waals surface area contributed by atoms with E-state index in [2.05, 4.69) is 4.98 Å². The number of rotatable bonds is 4. The highest BCUT2D eigenvalue weighted by Crippen LogP contribution is 2.28. The van der Waals surface area contributed by atoms with Crippen LogP contribution < -0.4 is 5.32 Å². The van der Waals surface area contributed by atoms with Crippen molar-refractivity contribution < 1.29 is 27.2 Å². The van der Waals surface area contributed by atoms with E-state index in [9.17, 15) is 22.8 Å². The second kappa shape index (κ2) is 8.51. The molecule has 3 aromatic carbocycles. The smallest absolute Gasteiger partial charge is 0.255 e. The molecule has 4 aromatic rings. The van der Waals surface area contributed by atoms with Gasteiger partial charge in [0.2, 0.25) is 0 Å². The van der Waals surface area contributed by atoms with Crippen molar-refractivity contribution in [1.29, 1.82) is 5.26 Å². The maximum Gasteiger partial charge on any atom is 0.255 e. The minimum atomic E-state index is -1.73. The zero-order chi connectivity index (χ0) is 23.7. The Kier molecular flexibility index (Phi) is 5.58. The molecule has 0 aliphatic carbocycles. The van der Waals surface area contributed by atoms with Gasteiger partial charge in [-0.25, -0.2) is 17.6 Å². The van der Waals surface area contributed by atoms with Crippen molar-refractivity contribution in [2.75, 3.05) is 5.32 Å². The summed E-state index contributed by atoms with van der Waals surface area (Å²) in [4.78, 5) is 29.2. The Morgan fingerprint density at radius 1 is 0.909 bits per heavy atom. The summed E-state index contributed by atoms with van der Waals surface area (Å²) in [6, 6.07) is 12.1. The summed E-state index contributed by atoms with van der Waals surface area (Å²) in [5, 5.41) is 11.4. The van der Waals surface area contributed by atoms with E-state index in [1.807, 2.05) is 11.4 Å². The third-order valence-electron chi connectivity index (χ3n) is 4.79. The number of aromatic nitrogens is 1. The number of carbonyl (C=O) groups is 2. The van der Waals surface area contributed by atoms with Crippen LogP contribution in [0.1, 0.15) is 31.8 Å². The molecule has 0 saturated heterocycles. The lowest BCUT2D eigenvalue weighted by Gasteiger charge is -2.12. The zero-order valence-corrected chi connectivity index (χ0v) is 16.5. The minimum Gasteiger partial charge on any atom is -0.319 e. The van der Waals surface area contributed by atoms with Crippen molar-refractivity contribution in [2.45, 2.75) is 0 Å². The number of nitriles is 1. The summed E-state index contributed by atoms with van der Waals surface area (Å²) < 4.78 is 57.1. The van der Waals surface area contributed by atoms with Crippen LogP contribution in [0.25, 0.3) is 10.9 Å². The van der Waals surface area contributed by atoms with Crippen LogP contribution in [0.2, 0.25) is 0 Å². The number of nitrogens with one attached hydrogen (secondary N) is 1. The summed E-state index contributed by atoms with van der Waals surface area (Å²) in [6.45, 7) is 0. The molecule has 5 nitrogen and oxygen atoms in total. The van der Waals surface area contributed by atoms with Crippen LogP contribution in [-0.2, 0) is 0 Å². The first-order valence-electron chi connectivity index (χ1n) is 9.37. The minimum absolute atomic E-state index is 0.190. The molecular weight excluding hydrogens is 438 g/mol. The number of fused-ring (bicyclic) bond motifs is 1. The summed E-state index contributed by atoms with van der Waals surface area (Å²) >= 11 is 0. The van der Waals surface area contributed by atoms with Crippen molar-refractivity contribution in [1.82, 2.24) is 4.98 Å². The largest absolute Gasteiger partial charge is 0.319 e. The second-order valence-corrected chi connectivity index (χ2v) is 6.95. The lowest BCUT2D eigenvalue weighted by Crippen LogP contribution is -2.17. The van der Waals surface area contributed by atoms with Crippen molar-refractivity contribution in [3.63, 3.8) is 0 Å². The molecule has 1 N–H and O–H groups in total. The summed E-state index contributed by atoms with van der Waals surface area (Å²) in [7, 11) is 0. The zero-order valence-electron chi connectivity index (χ0n) is 16.5. The van der Waals surface area contributed by atoms with Crippen LogP contribution >= 0.6 is 0 Å². The van der Waals surface area contributed by atoms with Gasteiger partial charge in [0.1, 0.15) is 11.9 Å². The molecule has 4 rings (SSSR count). The van der Waals surface area contributed by atoms with Gasteiger partial charge in [0.15, 0.2) is 23.2 Å². The normalized spacial score (nSPS) is 10.6. The number of nitrogens with zero attached hydrogens (tertiary/aromatic N) is 2. The van der Waals surface area contributed by atoms with Gasteiger partial charge in [0.05, 0.1) is 22.3 Å². The van der Waals surface area contributed by atoms with Crippen molar-refractivity contribution in [3.05, 3.63) is 106 Å². The third-order valence-corrected chi connectivity index (χ3v) is 4.79. The molecule has 0 unspecified atom stereocenters. The van der Waals surface area contributed by atoms with Gasteiger partial charge in [-0.15, -0.1) is 0 Å². The topological polar surface area (TPSA) is 82.8 Å². The third kappa shape index (κ3) is 4.14. The van der Waals surface area contributed by atoms with E-state index in [1.165, 1.54) is 42.6 Å². The highest BCUT2D eigenvalue weighted by molar-refractivity contribution is 6.12. The molecule has 9 heteroatoms. The molecule has 0 aliphatic heterocycles. The Bertz CT molecular complexity index is 1500. The molecule has 0 fully saturated rings. The SMILES string of the molecule is N#Cc1cnc2ccc(C(=O)c3c(F)c(F)cc(NC(=O)c4cccc(F)c4)c3F)cc2c1. The van der Waals surface area contributed by atoms with Gasteiger partial charge in [-0.1, -0.05) is 6.07 Å². The number of anilines is 1. The van der Waals surface area contributed by atoms with Crippen molar-refractivity contribution >= 4 is 28.3 Å². The predicted octanol–water partition coefficient (Wildman–Crippen LogP) is 5.15. The molecule has 0 aliphatic rings. The second-order valence-electron chi connectivity index (χ2n) is 6.95. The molecule has 0 atom stereocenters. The van der Waals surface area contributed by atoms with E-state index in [1.54, 1.807) is 0 Å². The van der Waals surface area contributed by atoms with Gasteiger partial charge < -0.3 is 5.32 Å². The number of hydrogen-bond donors (Lipinski definition) is 1. The fourth-order valence-corrected chi connectivity index (χ4v) is 3.20. The van der Waals surface area contributed by atoms with Gasteiger partial charge in [-0.3, -0.25) is 14.6 Å². The molecule has 0 bridgehead atoms. The van der Waals surface area contributed by atoms with Crippen LogP contribution in [0.5, 0.6) is 0 Å². The molecular formula is C24H11F4N3O2. The fraction of sp³-hybridized carbons (Fsp3) is 0. The Balaban J connectivity index is 1.75. The van der Waals surface area contributed by atoms with E-state index < -0.39 is 46.2 Å². The predicted molar refractivity (Wildman–Crippen MR) is 111 cm³/mol. The van der Waals surface area contributed by atoms with E-state index in [4.69, 9.17) is 5.26 Å². The van der Waals surface area contributed by atoms with Gasteiger partial charge in [0.25, 0.3) is 5.91 Å². The van der Waals surface area contributed by atoms with Crippen molar-refractivity contribution in [3.8, 4) is 6.07 Å². The molecule has 33 heavy (non-hydrogen) atoms. The summed E-state index contributed by atoms with van der Waals surface area (Å²) in [5.41, 5.74) is -1.76. The van der Waals surface area contributed by atoms with E-state index in [0.717, 1.165) is 12.1 Å². The number of carbonyl (C=O) groups excluding carboxylic acids is 2. The lowest BCUT2D eigenvalue weighted by atomic mass is 9.99. The molecule has 1 heterocycles. The number of pyridine rings is 1. The number of ketones is 1. The number of amides is 1. The van der Waals surface area contributed by atoms with Gasteiger partial charge in [0, 0.05) is 28.8 Å². The Morgan fingerprint density at radius 2 is 1.70 bits per heavy atom. The maximum atomic E-state index is 15.1. The summed E-state index contributed by atoms with van der Waals surface area (Å²) in [6.07, 6.45) is 1.32. The molecule has 1 aromatic heterocycles. The highest BCUT2D eigenvalue weighted by Gasteiger charge is 2.26. The monoisotopic (exact) mass is 449 g/mol. The molecule has 0 saturated carbocycles. The first-order chi connectivity index (χ1) is 15.8. The van der Waals surface area contributed by atoms with Crippen LogP contribution in [0.4, 0.5) is 23.2 Å². The standard InChI is InChI=1S/C24H11F4N3O2/c25-16-3-1-2-14(8-16)24(33)31-19-9-17(26)21(27)20(22(19)28)23(32)13-4-5-18-15(7-13)6-12(10-29)11-30-18/h1-9,11H,(H,31,33). The quantitative estimate of drug-likeness (QED) is 0.266. The molecule has 0 spiro atoms. The number of benzene rings is 3. The van der Waals surface area contributed by atoms with Crippen LogP contribution in [-0.4, -0.2) is 16.7 Å². The summed E-state index contributed by atoms with van der Waals surface area (Å²) in [5.74, 6) is -7.69.